The first kappa shape index (κ1) is 28.2. The second kappa shape index (κ2) is 11.9. The summed E-state index contributed by atoms with van der Waals surface area (Å²) >= 11 is 12.2. The molecule has 0 radical (unpaired) electrons. The van der Waals surface area contributed by atoms with Crippen molar-refractivity contribution in [3.8, 4) is 17.2 Å². The predicted octanol–water partition coefficient (Wildman–Crippen LogP) is 5.42. The lowest BCUT2D eigenvalue weighted by atomic mass is 10.1. The molecule has 0 unspecified atom stereocenters. The zero-order valence-electron chi connectivity index (χ0n) is 20.5. The standard InChI is InChI=1S/C27H23Cl2N3O6S/c1-16-26(34)22(17(15-33)13-30-16)14-31-27(35)21-12-18(28)6-11-24(21)32-39(36,37)20-9-7-19(8-10-20)38-25-5-3-2-4-23(25)29/h2-13,32-34H,14-15H2,1H3,(H,31,35). The number of aromatic hydroxyl groups is 1. The fourth-order valence-electron chi connectivity index (χ4n) is 3.62. The van der Waals surface area contributed by atoms with Gasteiger partial charge in [-0.1, -0.05) is 35.3 Å². The molecule has 0 aliphatic carbocycles. The molecule has 0 aliphatic rings. The van der Waals surface area contributed by atoms with Gasteiger partial charge in [-0.2, -0.15) is 0 Å². The Hall–Kier alpha value is -3.83. The highest BCUT2D eigenvalue weighted by molar-refractivity contribution is 7.92. The van der Waals surface area contributed by atoms with Crippen LogP contribution in [0.4, 0.5) is 5.69 Å². The summed E-state index contributed by atoms with van der Waals surface area (Å²) in [6, 6.07) is 16.7. The average Bonchev–Trinajstić information content (AvgIpc) is 2.92. The molecule has 0 atom stereocenters. The van der Waals surface area contributed by atoms with E-state index in [0.717, 1.165) is 0 Å². The number of sulfonamides is 1. The molecule has 0 saturated heterocycles. The van der Waals surface area contributed by atoms with Gasteiger partial charge in [0, 0.05) is 28.9 Å². The maximum atomic E-state index is 13.1. The van der Waals surface area contributed by atoms with E-state index in [-0.39, 0.29) is 33.5 Å². The van der Waals surface area contributed by atoms with Gasteiger partial charge < -0.3 is 20.3 Å². The fourth-order valence-corrected chi connectivity index (χ4v) is 5.05. The van der Waals surface area contributed by atoms with Crippen LogP contribution in [0, 0.1) is 6.92 Å². The second-order valence-corrected chi connectivity index (χ2v) is 10.9. The van der Waals surface area contributed by atoms with Crippen LogP contribution in [0.1, 0.15) is 27.2 Å². The summed E-state index contributed by atoms with van der Waals surface area (Å²) in [5.74, 6) is -0.0104. The number of hydrogen-bond acceptors (Lipinski definition) is 7. The Morgan fingerprint density at radius 1 is 1.05 bits per heavy atom. The van der Waals surface area contributed by atoms with Crippen LogP contribution in [-0.2, 0) is 23.2 Å². The van der Waals surface area contributed by atoms with Gasteiger partial charge in [0.1, 0.15) is 17.2 Å². The van der Waals surface area contributed by atoms with Crippen molar-refractivity contribution in [1.29, 1.82) is 0 Å². The maximum absolute atomic E-state index is 13.1. The summed E-state index contributed by atoms with van der Waals surface area (Å²) in [6.45, 7) is 1.05. The number of aryl methyl sites for hydroxylation is 1. The van der Waals surface area contributed by atoms with Gasteiger partial charge >= 0.3 is 0 Å². The Bertz CT molecular complexity index is 1630. The number of para-hydroxylation sites is 1. The Morgan fingerprint density at radius 3 is 2.46 bits per heavy atom. The predicted molar refractivity (Wildman–Crippen MR) is 148 cm³/mol. The third kappa shape index (κ3) is 6.61. The van der Waals surface area contributed by atoms with Crippen molar-refractivity contribution >= 4 is 44.8 Å². The molecule has 4 aromatic rings. The molecule has 0 fully saturated rings. The highest BCUT2D eigenvalue weighted by Gasteiger charge is 2.21. The van der Waals surface area contributed by atoms with Crippen LogP contribution in [0.3, 0.4) is 0 Å². The van der Waals surface area contributed by atoms with E-state index in [1.807, 2.05) is 0 Å². The molecule has 0 bridgehead atoms. The zero-order valence-corrected chi connectivity index (χ0v) is 22.8. The first-order chi connectivity index (χ1) is 18.6. The number of pyridine rings is 1. The number of nitrogens with one attached hydrogen (secondary N) is 2. The van der Waals surface area contributed by atoms with Crippen molar-refractivity contribution in [2.75, 3.05) is 4.72 Å². The molecule has 39 heavy (non-hydrogen) atoms. The number of aliphatic hydroxyl groups excluding tert-OH is 1. The number of aromatic nitrogens is 1. The molecule has 0 aliphatic heterocycles. The molecule has 1 aromatic heterocycles. The van der Waals surface area contributed by atoms with Gasteiger partial charge in [-0.15, -0.1) is 0 Å². The van der Waals surface area contributed by atoms with Crippen LogP contribution in [0.2, 0.25) is 10.0 Å². The number of aliphatic hydroxyl groups is 1. The molecule has 3 aromatic carbocycles. The van der Waals surface area contributed by atoms with E-state index in [9.17, 15) is 23.4 Å². The molecule has 4 rings (SSSR count). The first-order valence-corrected chi connectivity index (χ1v) is 13.7. The average molecular weight is 588 g/mol. The van der Waals surface area contributed by atoms with E-state index in [1.165, 1.54) is 48.7 Å². The minimum atomic E-state index is -4.11. The van der Waals surface area contributed by atoms with Crippen molar-refractivity contribution in [3.63, 3.8) is 0 Å². The van der Waals surface area contributed by atoms with Gasteiger partial charge in [0.2, 0.25) is 0 Å². The summed E-state index contributed by atoms with van der Waals surface area (Å²) in [5, 5.41) is 23.1. The Morgan fingerprint density at radius 2 is 1.77 bits per heavy atom. The second-order valence-electron chi connectivity index (χ2n) is 8.34. The van der Waals surface area contributed by atoms with Crippen LogP contribution in [-0.4, -0.2) is 29.5 Å². The number of anilines is 1. The lowest BCUT2D eigenvalue weighted by Crippen LogP contribution is -2.25. The highest BCUT2D eigenvalue weighted by atomic mass is 35.5. The van der Waals surface area contributed by atoms with Crippen LogP contribution in [0.25, 0.3) is 0 Å². The number of carbonyl (C=O) groups is 1. The number of carbonyl (C=O) groups excluding carboxylic acids is 1. The first-order valence-electron chi connectivity index (χ1n) is 11.5. The minimum absolute atomic E-state index is 0.00851. The summed E-state index contributed by atoms with van der Waals surface area (Å²) in [4.78, 5) is 17.0. The molecule has 202 valence electrons. The van der Waals surface area contributed by atoms with Gasteiger partial charge in [-0.3, -0.25) is 14.5 Å². The highest BCUT2D eigenvalue weighted by Crippen LogP contribution is 2.30. The number of amides is 1. The zero-order chi connectivity index (χ0) is 28.2. The van der Waals surface area contributed by atoms with Crippen molar-refractivity contribution < 1.29 is 28.2 Å². The van der Waals surface area contributed by atoms with E-state index < -0.39 is 22.5 Å². The molecule has 1 amide bonds. The number of ether oxygens (including phenoxy) is 1. The molecule has 0 saturated carbocycles. The van der Waals surface area contributed by atoms with Gasteiger partial charge in [-0.05, 0) is 61.5 Å². The molecule has 9 nitrogen and oxygen atoms in total. The molecule has 4 N–H and O–H groups in total. The summed E-state index contributed by atoms with van der Waals surface area (Å²) < 4.78 is 34.4. The maximum Gasteiger partial charge on any atom is 0.261 e. The summed E-state index contributed by atoms with van der Waals surface area (Å²) in [7, 11) is -4.11. The van der Waals surface area contributed by atoms with Crippen molar-refractivity contribution in [3.05, 3.63) is 105 Å². The topological polar surface area (TPSA) is 138 Å². The number of nitrogens with zero attached hydrogens (tertiary/aromatic N) is 1. The Kier molecular flexibility index (Phi) is 8.61. The van der Waals surface area contributed by atoms with Gasteiger partial charge in [0.25, 0.3) is 15.9 Å². The monoisotopic (exact) mass is 587 g/mol. The van der Waals surface area contributed by atoms with Crippen molar-refractivity contribution in [2.24, 2.45) is 0 Å². The van der Waals surface area contributed by atoms with Gasteiger partial charge in [0.05, 0.1) is 33.5 Å². The molecule has 12 heteroatoms. The quantitative estimate of drug-likeness (QED) is 0.205. The third-order valence-corrected chi connectivity index (χ3v) is 7.62. The molecule has 1 heterocycles. The van der Waals surface area contributed by atoms with Gasteiger partial charge in [0.15, 0.2) is 0 Å². The normalized spacial score (nSPS) is 11.2. The van der Waals surface area contributed by atoms with E-state index >= 15 is 0 Å². The molecular weight excluding hydrogens is 565 g/mol. The SMILES string of the molecule is Cc1ncc(CO)c(CNC(=O)c2cc(Cl)ccc2NS(=O)(=O)c2ccc(Oc3ccccc3Cl)cc2)c1O. The van der Waals surface area contributed by atoms with Crippen LogP contribution >= 0.6 is 23.2 Å². The van der Waals surface area contributed by atoms with Gasteiger partial charge in [-0.25, -0.2) is 8.42 Å². The Labute approximate surface area is 235 Å². The third-order valence-electron chi connectivity index (χ3n) is 5.70. The fraction of sp³-hybridized carbons (Fsp3) is 0.111. The summed E-state index contributed by atoms with van der Waals surface area (Å²) in [6.07, 6.45) is 1.40. The number of benzene rings is 3. The van der Waals surface area contributed by atoms with Crippen molar-refractivity contribution in [2.45, 2.75) is 25.0 Å². The van der Waals surface area contributed by atoms with Crippen LogP contribution < -0.4 is 14.8 Å². The van der Waals surface area contributed by atoms with E-state index in [1.54, 1.807) is 31.2 Å². The minimum Gasteiger partial charge on any atom is -0.506 e. The van der Waals surface area contributed by atoms with E-state index in [2.05, 4.69) is 15.0 Å². The van der Waals surface area contributed by atoms with Crippen LogP contribution in [0.15, 0.2) is 77.8 Å². The molecule has 0 spiro atoms. The Balaban J connectivity index is 1.53. The lowest BCUT2D eigenvalue weighted by Gasteiger charge is -2.15. The number of halogens is 2. The summed E-state index contributed by atoms with van der Waals surface area (Å²) in [5.41, 5.74) is 0.913. The van der Waals surface area contributed by atoms with E-state index in [4.69, 9.17) is 27.9 Å². The molecular formula is C27H23Cl2N3O6S. The van der Waals surface area contributed by atoms with Crippen LogP contribution in [0.5, 0.6) is 17.2 Å². The van der Waals surface area contributed by atoms with Crippen molar-refractivity contribution in [1.82, 2.24) is 10.3 Å². The van der Waals surface area contributed by atoms with E-state index in [0.29, 0.717) is 33.3 Å². The smallest absolute Gasteiger partial charge is 0.261 e. The lowest BCUT2D eigenvalue weighted by molar-refractivity contribution is 0.0951. The number of hydrogen-bond donors (Lipinski definition) is 4. The number of rotatable bonds is 9. The largest absolute Gasteiger partial charge is 0.506 e.